The monoisotopic (exact) mass is 281 g/mol. The van der Waals surface area contributed by atoms with Gasteiger partial charge < -0.3 is 15.2 Å². The fourth-order valence-electron chi connectivity index (χ4n) is 1.95. The van der Waals surface area contributed by atoms with Crippen LogP contribution in [0.3, 0.4) is 0 Å². The topological polar surface area (TPSA) is 41.5 Å². The summed E-state index contributed by atoms with van der Waals surface area (Å²) in [5.41, 5.74) is 2.57. The van der Waals surface area contributed by atoms with Gasteiger partial charge in [0.25, 0.3) is 0 Å². The number of aliphatic hydroxyl groups excluding tert-OH is 1. The molecule has 1 aromatic carbocycles. The van der Waals surface area contributed by atoms with E-state index in [1.165, 1.54) is 24.0 Å². The number of methoxy groups -OCH3 is 1. The standard InChI is InChI=1S/C15H23NO2S/c1-18-15-6-3-12(10-16-14-4-5-14)9-13(15)11-19-8-2-7-17/h3,6,9,14,16-17H,2,4-5,7-8,10-11H2,1H3. The molecule has 2 rings (SSSR count). The average molecular weight is 281 g/mol. The summed E-state index contributed by atoms with van der Waals surface area (Å²) in [4.78, 5) is 0. The molecule has 1 saturated carbocycles. The van der Waals surface area contributed by atoms with Crippen LogP contribution in [0.25, 0.3) is 0 Å². The Kier molecular flexibility index (Phi) is 6.01. The maximum absolute atomic E-state index is 8.79. The molecule has 1 fully saturated rings. The minimum atomic E-state index is 0.273. The molecule has 106 valence electrons. The van der Waals surface area contributed by atoms with Crippen molar-refractivity contribution >= 4 is 11.8 Å². The first-order chi connectivity index (χ1) is 9.33. The van der Waals surface area contributed by atoms with Crippen LogP contribution >= 0.6 is 11.8 Å². The lowest BCUT2D eigenvalue weighted by atomic mass is 10.1. The second-order valence-corrected chi connectivity index (χ2v) is 6.04. The van der Waals surface area contributed by atoms with E-state index in [0.717, 1.165) is 36.3 Å². The van der Waals surface area contributed by atoms with Gasteiger partial charge in [-0.3, -0.25) is 0 Å². The van der Waals surface area contributed by atoms with E-state index in [0.29, 0.717) is 0 Å². The highest BCUT2D eigenvalue weighted by molar-refractivity contribution is 7.98. The Balaban J connectivity index is 1.90. The quantitative estimate of drug-likeness (QED) is 0.683. The lowest BCUT2D eigenvalue weighted by Gasteiger charge is -2.11. The van der Waals surface area contributed by atoms with Gasteiger partial charge in [0.1, 0.15) is 5.75 Å². The van der Waals surface area contributed by atoms with Gasteiger partial charge in [0.05, 0.1) is 7.11 Å². The lowest BCUT2D eigenvalue weighted by molar-refractivity contribution is 0.296. The van der Waals surface area contributed by atoms with Gasteiger partial charge in [-0.15, -0.1) is 0 Å². The first kappa shape index (κ1) is 14.7. The Morgan fingerprint density at radius 3 is 2.95 bits per heavy atom. The van der Waals surface area contributed by atoms with E-state index in [1.807, 2.05) is 11.8 Å². The Bertz CT molecular complexity index is 394. The van der Waals surface area contributed by atoms with Crippen molar-refractivity contribution in [2.45, 2.75) is 37.6 Å². The molecule has 0 heterocycles. The van der Waals surface area contributed by atoms with E-state index < -0.39 is 0 Å². The van der Waals surface area contributed by atoms with E-state index in [4.69, 9.17) is 9.84 Å². The third-order valence-electron chi connectivity index (χ3n) is 3.22. The van der Waals surface area contributed by atoms with Crippen molar-refractivity contribution in [2.24, 2.45) is 0 Å². The summed E-state index contributed by atoms with van der Waals surface area (Å²) in [6.45, 7) is 1.22. The highest BCUT2D eigenvalue weighted by atomic mass is 32.2. The second kappa shape index (κ2) is 7.78. The summed E-state index contributed by atoms with van der Waals surface area (Å²) in [6.07, 6.45) is 3.50. The summed E-state index contributed by atoms with van der Waals surface area (Å²) < 4.78 is 5.41. The van der Waals surface area contributed by atoms with Crippen LogP contribution in [-0.4, -0.2) is 30.6 Å². The summed E-state index contributed by atoms with van der Waals surface area (Å²) in [5, 5.41) is 12.3. The second-order valence-electron chi connectivity index (χ2n) is 4.93. The highest BCUT2D eigenvalue weighted by Crippen LogP contribution is 2.25. The summed E-state index contributed by atoms with van der Waals surface area (Å²) in [7, 11) is 1.72. The van der Waals surface area contributed by atoms with E-state index in [1.54, 1.807) is 7.11 Å². The van der Waals surface area contributed by atoms with Crippen molar-refractivity contribution in [3.05, 3.63) is 29.3 Å². The molecule has 2 N–H and O–H groups in total. The first-order valence-electron chi connectivity index (χ1n) is 6.91. The van der Waals surface area contributed by atoms with Gasteiger partial charge >= 0.3 is 0 Å². The molecule has 0 bridgehead atoms. The molecule has 0 spiro atoms. The molecule has 0 unspecified atom stereocenters. The zero-order valence-corrected chi connectivity index (χ0v) is 12.3. The van der Waals surface area contributed by atoms with Crippen molar-refractivity contribution in [1.82, 2.24) is 5.32 Å². The SMILES string of the molecule is COc1ccc(CNC2CC2)cc1CSCCCO. The number of thioether (sulfide) groups is 1. The number of nitrogens with one attached hydrogen (secondary N) is 1. The van der Waals surface area contributed by atoms with E-state index in [-0.39, 0.29) is 6.61 Å². The molecule has 0 atom stereocenters. The Morgan fingerprint density at radius 1 is 1.42 bits per heavy atom. The van der Waals surface area contributed by atoms with Crippen molar-refractivity contribution in [3.8, 4) is 5.75 Å². The maximum atomic E-state index is 8.79. The number of ether oxygens (including phenoxy) is 1. The van der Waals surface area contributed by atoms with Crippen LogP contribution in [0.5, 0.6) is 5.75 Å². The van der Waals surface area contributed by atoms with Gasteiger partial charge in [0.2, 0.25) is 0 Å². The van der Waals surface area contributed by atoms with E-state index in [9.17, 15) is 0 Å². The molecule has 0 amide bonds. The third-order valence-corrected chi connectivity index (χ3v) is 4.31. The van der Waals surface area contributed by atoms with Crippen LogP contribution in [0, 0.1) is 0 Å². The summed E-state index contributed by atoms with van der Waals surface area (Å²) in [5.74, 6) is 2.90. The van der Waals surface area contributed by atoms with Gasteiger partial charge in [-0.05, 0) is 42.7 Å². The molecular weight excluding hydrogens is 258 g/mol. The predicted molar refractivity (Wildman–Crippen MR) is 80.7 cm³/mol. The molecule has 1 aliphatic rings. The smallest absolute Gasteiger partial charge is 0.122 e. The summed E-state index contributed by atoms with van der Waals surface area (Å²) in [6, 6.07) is 7.17. The van der Waals surface area contributed by atoms with Crippen LogP contribution in [-0.2, 0) is 12.3 Å². The Hall–Kier alpha value is -0.710. The maximum Gasteiger partial charge on any atom is 0.122 e. The minimum Gasteiger partial charge on any atom is -0.496 e. The van der Waals surface area contributed by atoms with E-state index in [2.05, 4.69) is 23.5 Å². The van der Waals surface area contributed by atoms with Crippen LogP contribution in [0.2, 0.25) is 0 Å². The first-order valence-corrected chi connectivity index (χ1v) is 8.06. The third kappa shape index (κ3) is 5.05. The normalized spacial score (nSPS) is 14.6. The number of hydrogen-bond acceptors (Lipinski definition) is 4. The lowest BCUT2D eigenvalue weighted by Crippen LogP contribution is -2.15. The van der Waals surface area contributed by atoms with E-state index >= 15 is 0 Å². The molecule has 19 heavy (non-hydrogen) atoms. The van der Waals surface area contributed by atoms with Gasteiger partial charge in [-0.1, -0.05) is 6.07 Å². The highest BCUT2D eigenvalue weighted by Gasteiger charge is 2.20. The molecule has 1 aromatic rings. The fraction of sp³-hybridized carbons (Fsp3) is 0.600. The fourth-order valence-corrected chi connectivity index (χ4v) is 2.88. The number of aliphatic hydroxyl groups is 1. The molecule has 0 aliphatic heterocycles. The number of rotatable bonds is 9. The van der Waals surface area contributed by atoms with Crippen LogP contribution in [0.4, 0.5) is 0 Å². The molecule has 0 radical (unpaired) electrons. The van der Waals surface area contributed by atoms with Crippen molar-refractivity contribution in [1.29, 1.82) is 0 Å². The van der Waals surface area contributed by atoms with Crippen molar-refractivity contribution in [3.63, 3.8) is 0 Å². The Labute approximate surface area is 119 Å². The number of benzene rings is 1. The average Bonchev–Trinajstić information content (AvgIpc) is 3.26. The van der Waals surface area contributed by atoms with Gasteiger partial charge in [0, 0.05) is 30.5 Å². The van der Waals surface area contributed by atoms with Crippen molar-refractivity contribution in [2.75, 3.05) is 19.5 Å². The van der Waals surface area contributed by atoms with Crippen LogP contribution < -0.4 is 10.1 Å². The predicted octanol–water partition coefficient (Wildman–Crippen LogP) is 2.56. The molecule has 1 aliphatic carbocycles. The molecule has 4 heteroatoms. The van der Waals surface area contributed by atoms with Crippen LogP contribution in [0.15, 0.2) is 18.2 Å². The van der Waals surface area contributed by atoms with Gasteiger partial charge in [0.15, 0.2) is 0 Å². The molecule has 3 nitrogen and oxygen atoms in total. The van der Waals surface area contributed by atoms with Crippen molar-refractivity contribution < 1.29 is 9.84 Å². The zero-order chi connectivity index (χ0) is 13.5. The molecule has 0 saturated heterocycles. The van der Waals surface area contributed by atoms with Crippen LogP contribution in [0.1, 0.15) is 30.4 Å². The molecule has 0 aromatic heterocycles. The summed E-state index contributed by atoms with van der Waals surface area (Å²) >= 11 is 1.85. The van der Waals surface area contributed by atoms with Gasteiger partial charge in [-0.25, -0.2) is 0 Å². The minimum absolute atomic E-state index is 0.273. The molecular formula is C15H23NO2S. The largest absolute Gasteiger partial charge is 0.496 e. The van der Waals surface area contributed by atoms with Gasteiger partial charge in [-0.2, -0.15) is 11.8 Å². The number of hydrogen-bond donors (Lipinski definition) is 2. The Morgan fingerprint density at radius 2 is 2.26 bits per heavy atom. The zero-order valence-electron chi connectivity index (χ0n) is 11.5.